The van der Waals surface area contributed by atoms with Crippen LogP contribution < -0.4 is 10.1 Å². The van der Waals surface area contributed by atoms with Gasteiger partial charge in [0.2, 0.25) is 5.91 Å². The lowest BCUT2D eigenvalue weighted by Gasteiger charge is -2.36. The van der Waals surface area contributed by atoms with E-state index in [-0.39, 0.29) is 5.91 Å². The number of nitrogens with zero attached hydrogens (tertiary/aromatic N) is 1. The third kappa shape index (κ3) is 6.96. The molecule has 1 aromatic carbocycles. The topological polar surface area (TPSA) is 50.8 Å². The van der Waals surface area contributed by atoms with Gasteiger partial charge in [-0.2, -0.15) is 0 Å². The summed E-state index contributed by atoms with van der Waals surface area (Å²) in [5, 5.41) is 3.09. The zero-order valence-electron chi connectivity index (χ0n) is 15.2. The Kier molecular flexibility index (Phi) is 8.72. The summed E-state index contributed by atoms with van der Waals surface area (Å²) in [4.78, 5) is 14.5. The number of rotatable bonds is 9. The number of amides is 1. The van der Waals surface area contributed by atoms with E-state index in [4.69, 9.17) is 9.47 Å². The minimum atomic E-state index is 0.0923. The van der Waals surface area contributed by atoms with Gasteiger partial charge >= 0.3 is 0 Å². The van der Waals surface area contributed by atoms with Crippen molar-refractivity contribution in [3.63, 3.8) is 0 Å². The van der Waals surface area contributed by atoms with Crippen LogP contribution in [0.5, 0.6) is 5.75 Å². The van der Waals surface area contributed by atoms with E-state index in [1.54, 1.807) is 0 Å². The quantitative estimate of drug-likeness (QED) is 0.633. The second-order valence-electron chi connectivity index (χ2n) is 6.65. The highest BCUT2D eigenvalue weighted by molar-refractivity contribution is 9.10. The van der Waals surface area contributed by atoms with Crippen molar-refractivity contribution in [1.29, 1.82) is 0 Å². The molecule has 0 unspecified atom stereocenters. The minimum absolute atomic E-state index is 0.0923. The van der Waals surface area contributed by atoms with E-state index < -0.39 is 0 Å². The first kappa shape index (κ1) is 20.2. The number of carbonyl (C=O) groups is 1. The van der Waals surface area contributed by atoms with Crippen molar-refractivity contribution in [1.82, 2.24) is 10.2 Å². The highest BCUT2D eigenvalue weighted by Crippen LogP contribution is 2.23. The monoisotopic (exact) mass is 412 g/mol. The molecule has 1 aromatic rings. The summed E-state index contributed by atoms with van der Waals surface area (Å²) in [5.74, 6) is 1.40. The molecular weight excluding hydrogens is 384 g/mol. The Hall–Kier alpha value is -1.11. The molecule has 25 heavy (non-hydrogen) atoms. The van der Waals surface area contributed by atoms with Gasteiger partial charge in [0, 0.05) is 32.1 Å². The van der Waals surface area contributed by atoms with Crippen molar-refractivity contribution in [2.75, 3.05) is 39.5 Å². The summed E-state index contributed by atoms with van der Waals surface area (Å²) in [7, 11) is 0. The van der Waals surface area contributed by atoms with Gasteiger partial charge in [0.05, 0.1) is 24.3 Å². The molecule has 6 heteroatoms. The van der Waals surface area contributed by atoms with E-state index in [0.717, 1.165) is 36.5 Å². The highest BCUT2D eigenvalue weighted by Gasteiger charge is 2.24. The van der Waals surface area contributed by atoms with E-state index in [2.05, 4.69) is 40.0 Å². The van der Waals surface area contributed by atoms with Crippen LogP contribution in [0.3, 0.4) is 0 Å². The summed E-state index contributed by atoms with van der Waals surface area (Å²) in [6.07, 6.45) is 1.19. The average molecular weight is 413 g/mol. The van der Waals surface area contributed by atoms with Crippen molar-refractivity contribution in [2.45, 2.75) is 32.7 Å². The van der Waals surface area contributed by atoms with Gasteiger partial charge in [0.1, 0.15) is 5.75 Å². The van der Waals surface area contributed by atoms with Gasteiger partial charge in [-0.1, -0.05) is 26.0 Å². The number of benzene rings is 1. The molecule has 0 radical (unpaired) electrons. The number of morpholine rings is 1. The molecule has 1 N–H and O–H groups in total. The normalized spacial score (nSPS) is 16.6. The molecule has 1 heterocycles. The maximum absolute atomic E-state index is 12.1. The zero-order valence-corrected chi connectivity index (χ0v) is 16.8. The molecule has 1 fully saturated rings. The first-order valence-corrected chi connectivity index (χ1v) is 9.83. The van der Waals surface area contributed by atoms with E-state index in [0.29, 0.717) is 38.0 Å². The average Bonchev–Trinajstić information content (AvgIpc) is 2.61. The van der Waals surface area contributed by atoms with Crippen LogP contribution in [-0.4, -0.2) is 56.3 Å². The standard InChI is InChI=1S/C19H29BrN2O3/c1-15(2)17(22-9-12-24-13-10-22)14-21-19(23)8-5-11-25-18-7-4-3-6-16(18)20/h3-4,6-7,15,17H,5,8-14H2,1-2H3,(H,21,23)/t17-/m1/s1. The molecule has 2 rings (SSSR count). The predicted molar refractivity (Wildman–Crippen MR) is 103 cm³/mol. The largest absolute Gasteiger partial charge is 0.492 e. The molecule has 1 saturated heterocycles. The van der Waals surface area contributed by atoms with Crippen LogP contribution in [0, 0.1) is 5.92 Å². The molecule has 1 aliphatic heterocycles. The number of para-hydroxylation sites is 1. The summed E-state index contributed by atoms with van der Waals surface area (Å²) < 4.78 is 12.1. The summed E-state index contributed by atoms with van der Waals surface area (Å²) in [6.45, 7) is 9.09. The molecule has 0 aromatic heterocycles. The molecule has 0 aliphatic carbocycles. The van der Waals surface area contributed by atoms with E-state index in [1.807, 2.05) is 24.3 Å². The van der Waals surface area contributed by atoms with Crippen molar-refractivity contribution >= 4 is 21.8 Å². The molecule has 0 saturated carbocycles. The van der Waals surface area contributed by atoms with Crippen LogP contribution in [0.4, 0.5) is 0 Å². The number of nitrogens with one attached hydrogen (secondary N) is 1. The lowest BCUT2D eigenvalue weighted by molar-refractivity contribution is -0.121. The zero-order chi connectivity index (χ0) is 18.1. The van der Waals surface area contributed by atoms with Gasteiger partial charge in [-0.3, -0.25) is 9.69 Å². The van der Waals surface area contributed by atoms with Crippen molar-refractivity contribution in [3.05, 3.63) is 28.7 Å². The van der Waals surface area contributed by atoms with Gasteiger partial charge in [-0.25, -0.2) is 0 Å². The fourth-order valence-electron chi connectivity index (χ4n) is 2.98. The summed E-state index contributed by atoms with van der Waals surface area (Å²) in [5.41, 5.74) is 0. The maximum Gasteiger partial charge on any atom is 0.220 e. The smallest absolute Gasteiger partial charge is 0.220 e. The fourth-order valence-corrected chi connectivity index (χ4v) is 3.38. The second-order valence-corrected chi connectivity index (χ2v) is 7.50. The van der Waals surface area contributed by atoms with Crippen LogP contribution >= 0.6 is 15.9 Å². The van der Waals surface area contributed by atoms with Crippen LogP contribution in [0.2, 0.25) is 0 Å². The Morgan fingerprint density at radius 2 is 2.04 bits per heavy atom. The highest BCUT2D eigenvalue weighted by atomic mass is 79.9. The second kappa shape index (κ2) is 10.8. The number of hydrogen-bond acceptors (Lipinski definition) is 4. The third-order valence-electron chi connectivity index (χ3n) is 4.44. The fraction of sp³-hybridized carbons (Fsp3) is 0.632. The van der Waals surface area contributed by atoms with Gasteiger partial charge in [0.25, 0.3) is 0 Å². The van der Waals surface area contributed by atoms with Crippen LogP contribution in [0.1, 0.15) is 26.7 Å². The molecule has 1 atom stereocenters. The molecule has 1 amide bonds. The lowest BCUT2D eigenvalue weighted by Crippen LogP contribution is -2.51. The number of halogens is 1. The van der Waals surface area contributed by atoms with Gasteiger partial charge < -0.3 is 14.8 Å². The third-order valence-corrected chi connectivity index (χ3v) is 5.09. The maximum atomic E-state index is 12.1. The summed E-state index contributed by atoms with van der Waals surface area (Å²) >= 11 is 3.45. The van der Waals surface area contributed by atoms with Crippen LogP contribution in [0.25, 0.3) is 0 Å². The van der Waals surface area contributed by atoms with Crippen molar-refractivity contribution in [2.24, 2.45) is 5.92 Å². The van der Waals surface area contributed by atoms with Crippen molar-refractivity contribution in [3.8, 4) is 5.75 Å². The Bertz CT molecular complexity index is 533. The van der Waals surface area contributed by atoms with Gasteiger partial charge in [-0.15, -0.1) is 0 Å². The molecule has 140 valence electrons. The van der Waals surface area contributed by atoms with Gasteiger partial charge in [-0.05, 0) is 40.4 Å². The predicted octanol–water partition coefficient (Wildman–Crippen LogP) is 3.08. The molecular formula is C19H29BrN2O3. The molecule has 1 aliphatic rings. The minimum Gasteiger partial charge on any atom is -0.492 e. The first-order valence-electron chi connectivity index (χ1n) is 9.03. The Morgan fingerprint density at radius 1 is 1.32 bits per heavy atom. The van der Waals surface area contributed by atoms with Crippen LogP contribution in [0.15, 0.2) is 28.7 Å². The Balaban J connectivity index is 1.66. The van der Waals surface area contributed by atoms with Crippen LogP contribution in [-0.2, 0) is 9.53 Å². The van der Waals surface area contributed by atoms with Crippen molar-refractivity contribution < 1.29 is 14.3 Å². The molecule has 0 spiro atoms. The van der Waals surface area contributed by atoms with Gasteiger partial charge in [0.15, 0.2) is 0 Å². The molecule has 5 nitrogen and oxygen atoms in total. The Labute approximate surface area is 159 Å². The molecule has 0 bridgehead atoms. The Morgan fingerprint density at radius 3 is 2.72 bits per heavy atom. The van der Waals surface area contributed by atoms with E-state index in [1.165, 1.54) is 0 Å². The summed E-state index contributed by atoms with van der Waals surface area (Å²) in [6, 6.07) is 8.11. The SMILES string of the molecule is CC(C)[C@@H](CNC(=O)CCCOc1ccccc1Br)N1CCOCC1. The number of ether oxygens (including phenoxy) is 2. The first-order chi connectivity index (χ1) is 12.1. The van der Waals surface area contributed by atoms with E-state index >= 15 is 0 Å². The number of hydrogen-bond donors (Lipinski definition) is 1. The lowest BCUT2D eigenvalue weighted by atomic mass is 10.0. The number of carbonyl (C=O) groups excluding carboxylic acids is 1. The van der Waals surface area contributed by atoms with E-state index in [9.17, 15) is 4.79 Å².